The van der Waals surface area contributed by atoms with Gasteiger partial charge in [0, 0.05) is 24.9 Å². The van der Waals surface area contributed by atoms with Gasteiger partial charge in [-0.2, -0.15) is 0 Å². The number of pyridine rings is 1. The molecule has 3 N–H and O–H groups in total. The van der Waals surface area contributed by atoms with Gasteiger partial charge in [0.1, 0.15) is 11.3 Å². The maximum absolute atomic E-state index is 11.5. The number of imidazole rings is 1. The van der Waals surface area contributed by atoms with Crippen molar-refractivity contribution in [2.45, 2.75) is 46.1 Å². The van der Waals surface area contributed by atoms with Crippen LogP contribution in [0.3, 0.4) is 0 Å². The van der Waals surface area contributed by atoms with E-state index in [-0.39, 0.29) is 5.91 Å². The van der Waals surface area contributed by atoms with E-state index in [1.807, 2.05) is 32.0 Å². The Kier molecular flexibility index (Phi) is 5.16. The Morgan fingerprint density at radius 3 is 2.84 bits per heavy atom. The number of amides is 1. The summed E-state index contributed by atoms with van der Waals surface area (Å²) in [4.78, 5) is 20.6. The van der Waals surface area contributed by atoms with Crippen molar-refractivity contribution in [2.24, 2.45) is 0 Å². The summed E-state index contributed by atoms with van der Waals surface area (Å²) >= 11 is 0. The van der Waals surface area contributed by atoms with Gasteiger partial charge in [-0.15, -0.1) is 0 Å². The summed E-state index contributed by atoms with van der Waals surface area (Å²) in [5, 5.41) is 4.03. The number of carbonyl (C=O) groups excluding carboxylic acids is 1. The fourth-order valence-electron chi connectivity index (χ4n) is 3.18. The molecule has 25 heavy (non-hydrogen) atoms. The van der Waals surface area contributed by atoms with E-state index in [9.17, 15) is 4.79 Å². The average molecular weight is 339 g/mol. The summed E-state index contributed by atoms with van der Waals surface area (Å²) in [7, 11) is 0. The minimum Gasteiger partial charge on any atom is -0.382 e. The average Bonchev–Trinajstić information content (AvgIpc) is 2.92. The lowest BCUT2D eigenvalue weighted by Crippen LogP contribution is -2.24. The van der Waals surface area contributed by atoms with Gasteiger partial charge in [-0.1, -0.05) is 25.1 Å². The molecule has 0 unspecified atom stereocenters. The smallest absolute Gasteiger partial charge is 0.219 e. The topological polar surface area (TPSA) is 85.8 Å². The van der Waals surface area contributed by atoms with Crippen LogP contribution in [0.15, 0.2) is 24.3 Å². The molecule has 3 aromatic rings. The number of nitrogens with zero attached hydrogens (tertiary/aromatic N) is 3. The molecule has 0 aliphatic rings. The van der Waals surface area contributed by atoms with E-state index in [4.69, 9.17) is 5.73 Å². The highest BCUT2D eigenvalue weighted by molar-refractivity contribution is 6.06. The van der Waals surface area contributed by atoms with Crippen LogP contribution in [0.25, 0.3) is 21.9 Å². The van der Waals surface area contributed by atoms with Gasteiger partial charge >= 0.3 is 0 Å². The Balaban J connectivity index is 1.77. The fourth-order valence-corrected chi connectivity index (χ4v) is 3.18. The number of carbonyl (C=O) groups is 1. The van der Waals surface area contributed by atoms with Gasteiger partial charge in [0.05, 0.1) is 11.0 Å². The lowest BCUT2D eigenvalue weighted by molar-refractivity contribution is -0.121. The molecule has 6 nitrogen and oxygen atoms in total. The van der Waals surface area contributed by atoms with Crippen molar-refractivity contribution < 1.29 is 4.79 Å². The fraction of sp³-hybridized carbons (Fsp3) is 0.421. The number of fused-ring (bicyclic) bond motifs is 3. The van der Waals surface area contributed by atoms with Crippen LogP contribution in [0, 0.1) is 6.92 Å². The van der Waals surface area contributed by atoms with Crippen LogP contribution in [0.1, 0.15) is 38.4 Å². The Hall–Kier alpha value is -2.63. The number of hydrogen-bond donors (Lipinski definition) is 2. The van der Waals surface area contributed by atoms with E-state index < -0.39 is 0 Å². The van der Waals surface area contributed by atoms with Crippen LogP contribution in [0.5, 0.6) is 0 Å². The first kappa shape index (κ1) is 17.2. The van der Waals surface area contributed by atoms with Crippen molar-refractivity contribution in [1.82, 2.24) is 19.9 Å². The number of hydrogen-bond acceptors (Lipinski definition) is 4. The predicted octanol–water partition coefficient (Wildman–Crippen LogP) is 3.17. The first-order chi connectivity index (χ1) is 12.1. The highest BCUT2D eigenvalue weighted by atomic mass is 16.1. The molecule has 0 saturated heterocycles. The zero-order valence-electron chi connectivity index (χ0n) is 14.9. The third kappa shape index (κ3) is 3.57. The minimum atomic E-state index is 0.136. The summed E-state index contributed by atoms with van der Waals surface area (Å²) in [5.74, 6) is 1.55. The molecule has 0 spiro atoms. The SMILES string of the molecule is CCCC(=O)NCCCCn1c(C)nc2c(N)nc3ccccc3c21. The number of rotatable bonds is 7. The number of unbranched alkanes of at least 4 members (excludes halogenated alkanes) is 1. The lowest BCUT2D eigenvalue weighted by atomic mass is 10.2. The normalized spacial score (nSPS) is 11.3. The van der Waals surface area contributed by atoms with Crippen LogP contribution >= 0.6 is 0 Å². The molecule has 0 aliphatic heterocycles. The van der Waals surface area contributed by atoms with Gasteiger partial charge in [-0.25, -0.2) is 9.97 Å². The summed E-state index contributed by atoms with van der Waals surface area (Å²) in [6, 6.07) is 8.01. The molecule has 0 fully saturated rings. The van der Waals surface area contributed by atoms with Gasteiger partial charge < -0.3 is 15.6 Å². The molecule has 0 bridgehead atoms. The molecule has 2 heterocycles. The van der Waals surface area contributed by atoms with Crippen molar-refractivity contribution in [3.8, 4) is 0 Å². The highest BCUT2D eigenvalue weighted by Crippen LogP contribution is 2.28. The molecular weight excluding hydrogens is 314 g/mol. The van der Waals surface area contributed by atoms with E-state index in [0.717, 1.165) is 60.1 Å². The first-order valence-electron chi connectivity index (χ1n) is 8.89. The standard InChI is InChI=1S/C19H25N5O/c1-3-8-16(25)21-11-6-7-12-24-13(2)22-17-18(24)14-9-4-5-10-15(14)23-19(17)20/h4-5,9-10H,3,6-8,11-12H2,1-2H3,(H2,20,23)(H,21,25). The predicted molar refractivity (Wildman–Crippen MR) is 101 cm³/mol. The molecule has 2 aromatic heterocycles. The molecule has 3 rings (SSSR count). The van der Waals surface area contributed by atoms with Gasteiger partial charge in [-0.05, 0) is 32.3 Å². The van der Waals surface area contributed by atoms with Gasteiger partial charge in [-0.3, -0.25) is 4.79 Å². The van der Waals surface area contributed by atoms with Crippen LogP contribution in [0.4, 0.5) is 5.82 Å². The van der Waals surface area contributed by atoms with Crippen molar-refractivity contribution in [3.63, 3.8) is 0 Å². The summed E-state index contributed by atoms with van der Waals surface area (Å²) < 4.78 is 2.21. The number of benzene rings is 1. The zero-order valence-corrected chi connectivity index (χ0v) is 14.9. The number of aryl methyl sites for hydroxylation is 2. The Morgan fingerprint density at radius 2 is 2.04 bits per heavy atom. The molecule has 132 valence electrons. The van der Waals surface area contributed by atoms with Gasteiger partial charge in [0.25, 0.3) is 0 Å². The van der Waals surface area contributed by atoms with E-state index in [2.05, 4.69) is 25.9 Å². The third-order valence-electron chi connectivity index (χ3n) is 4.41. The number of anilines is 1. The van der Waals surface area contributed by atoms with Gasteiger partial charge in [0.15, 0.2) is 5.82 Å². The van der Waals surface area contributed by atoms with Crippen molar-refractivity contribution >= 4 is 33.7 Å². The highest BCUT2D eigenvalue weighted by Gasteiger charge is 2.14. The quantitative estimate of drug-likeness (QED) is 0.647. The third-order valence-corrected chi connectivity index (χ3v) is 4.41. The van der Waals surface area contributed by atoms with Crippen molar-refractivity contribution in [2.75, 3.05) is 12.3 Å². The number of para-hydroxylation sites is 1. The van der Waals surface area contributed by atoms with E-state index in [0.29, 0.717) is 12.2 Å². The van der Waals surface area contributed by atoms with Crippen molar-refractivity contribution in [1.29, 1.82) is 0 Å². The Labute approximate surface area is 147 Å². The second-order valence-corrected chi connectivity index (χ2v) is 6.33. The van der Waals surface area contributed by atoms with Crippen molar-refractivity contribution in [3.05, 3.63) is 30.1 Å². The number of nitrogens with one attached hydrogen (secondary N) is 1. The molecule has 6 heteroatoms. The molecular formula is C19H25N5O. The van der Waals surface area contributed by atoms with E-state index in [1.54, 1.807) is 0 Å². The second kappa shape index (κ2) is 7.51. The van der Waals surface area contributed by atoms with Gasteiger partial charge in [0.2, 0.25) is 5.91 Å². The Bertz CT molecular complexity index is 900. The number of nitrogen functional groups attached to an aromatic ring is 1. The molecule has 0 radical (unpaired) electrons. The van der Waals surface area contributed by atoms with Crippen LogP contribution in [-0.4, -0.2) is 27.0 Å². The molecule has 1 aromatic carbocycles. The lowest BCUT2D eigenvalue weighted by Gasteiger charge is -2.10. The molecule has 1 amide bonds. The number of aromatic nitrogens is 3. The summed E-state index contributed by atoms with van der Waals surface area (Å²) in [5.41, 5.74) is 8.82. The largest absolute Gasteiger partial charge is 0.382 e. The molecule has 0 aliphatic carbocycles. The van der Waals surface area contributed by atoms with Crippen LogP contribution in [-0.2, 0) is 11.3 Å². The van der Waals surface area contributed by atoms with Crippen LogP contribution in [0.2, 0.25) is 0 Å². The monoisotopic (exact) mass is 339 g/mol. The zero-order chi connectivity index (χ0) is 17.8. The van der Waals surface area contributed by atoms with E-state index >= 15 is 0 Å². The maximum atomic E-state index is 11.5. The molecule has 0 saturated carbocycles. The van der Waals surface area contributed by atoms with Crippen LogP contribution < -0.4 is 11.1 Å². The van der Waals surface area contributed by atoms with E-state index in [1.165, 1.54) is 0 Å². The second-order valence-electron chi connectivity index (χ2n) is 6.33. The number of nitrogens with two attached hydrogens (primary N) is 1. The molecule has 0 atom stereocenters. The Morgan fingerprint density at radius 1 is 1.24 bits per heavy atom. The first-order valence-corrected chi connectivity index (χ1v) is 8.89. The maximum Gasteiger partial charge on any atom is 0.219 e. The summed E-state index contributed by atoms with van der Waals surface area (Å²) in [6.07, 6.45) is 3.39. The summed E-state index contributed by atoms with van der Waals surface area (Å²) in [6.45, 7) is 5.57. The minimum absolute atomic E-state index is 0.136.